The molecule has 1 aliphatic rings. The summed E-state index contributed by atoms with van der Waals surface area (Å²) >= 11 is 5.91. The van der Waals surface area contributed by atoms with Crippen LogP contribution in [0.4, 0.5) is 0 Å². The molecule has 102 valence electrons. The topological polar surface area (TPSA) is 15.3 Å². The van der Waals surface area contributed by atoms with E-state index >= 15 is 0 Å². The molecule has 0 aliphatic carbocycles. The first-order chi connectivity index (χ1) is 9.19. The van der Waals surface area contributed by atoms with Gasteiger partial charge in [-0.15, -0.1) is 6.42 Å². The Morgan fingerprint density at radius 3 is 2.58 bits per heavy atom. The van der Waals surface area contributed by atoms with E-state index in [0.29, 0.717) is 12.1 Å². The lowest BCUT2D eigenvalue weighted by atomic mass is 10.0. The van der Waals surface area contributed by atoms with E-state index in [1.807, 2.05) is 12.1 Å². The molecule has 1 heterocycles. The molecule has 1 fully saturated rings. The Labute approximate surface area is 121 Å². The van der Waals surface area contributed by atoms with E-state index in [9.17, 15) is 0 Å². The molecular weight excluding hydrogens is 256 g/mol. The van der Waals surface area contributed by atoms with E-state index in [2.05, 4.69) is 35.2 Å². The minimum absolute atomic E-state index is 0.362. The van der Waals surface area contributed by atoms with Gasteiger partial charge < -0.3 is 5.32 Å². The van der Waals surface area contributed by atoms with Gasteiger partial charge in [0.1, 0.15) is 0 Å². The average molecular weight is 277 g/mol. The molecule has 19 heavy (non-hydrogen) atoms. The zero-order valence-electron chi connectivity index (χ0n) is 11.4. The van der Waals surface area contributed by atoms with Gasteiger partial charge in [0.2, 0.25) is 0 Å². The minimum atomic E-state index is 0.362. The van der Waals surface area contributed by atoms with Crippen LogP contribution in [0.1, 0.15) is 31.4 Å². The Kier molecular flexibility index (Phi) is 5.27. The van der Waals surface area contributed by atoms with E-state index in [1.54, 1.807) is 0 Å². The smallest absolute Gasteiger partial charge is 0.0598 e. The summed E-state index contributed by atoms with van der Waals surface area (Å²) < 4.78 is 0. The SMILES string of the molecule is C#CCN1CCC(NC(C)c2ccc(Cl)cc2)CC1. The van der Waals surface area contributed by atoms with Gasteiger partial charge in [-0.3, -0.25) is 4.90 Å². The third-order valence-electron chi connectivity index (χ3n) is 3.76. The molecule has 0 saturated carbocycles. The molecular formula is C16H21ClN2. The third-order valence-corrected chi connectivity index (χ3v) is 4.01. The first kappa shape index (κ1) is 14.4. The molecule has 0 amide bonds. The molecule has 0 bridgehead atoms. The maximum atomic E-state index is 5.91. The van der Waals surface area contributed by atoms with Gasteiger partial charge in [0.15, 0.2) is 0 Å². The number of piperidine rings is 1. The van der Waals surface area contributed by atoms with Crippen molar-refractivity contribution >= 4 is 11.6 Å². The van der Waals surface area contributed by atoms with Crippen molar-refractivity contribution in [1.29, 1.82) is 0 Å². The fourth-order valence-electron chi connectivity index (χ4n) is 2.59. The number of terminal acetylenes is 1. The number of hydrogen-bond donors (Lipinski definition) is 1. The number of benzene rings is 1. The van der Waals surface area contributed by atoms with Crippen LogP contribution in [-0.2, 0) is 0 Å². The maximum Gasteiger partial charge on any atom is 0.0598 e. The van der Waals surface area contributed by atoms with E-state index in [4.69, 9.17) is 18.0 Å². The van der Waals surface area contributed by atoms with Gasteiger partial charge in [0.25, 0.3) is 0 Å². The standard InChI is InChI=1S/C16H21ClN2/c1-3-10-19-11-8-16(9-12-19)18-13(2)14-4-6-15(17)7-5-14/h1,4-7,13,16,18H,8-12H2,2H3. The van der Waals surface area contributed by atoms with Gasteiger partial charge >= 0.3 is 0 Å². The summed E-state index contributed by atoms with van der Waals surface area (Å²) in [6.07, 6.45) is 7.68. The fourth-order valence-corrected chi connectivity index (χ4v) is 2.71. The summed E-state index contributed by atoms with van der Waals surface area (Å²) in [7, 11) is 0. The van der Waals surface area contributed by atoms with Crippen LogP contribution in [-0.4, -0.2) is 30.6 Å². The van der Waals surface area contributed by atoms with Gasteiger partial charge in [0.05, 0.1) is 6.54 Å². The zero-order chi connectivity index (χ0) is 13.7. The molecule has 1 saturated heterocycles. The van der Waals surface area contributed by atoms with Crippen LogP contribution >= 0.6 is 11.6 Å². The normalized spacial score (nSPS) is 19.0. The van der Waals surface area contributed by atoms with Crippen molar-refractivity contribution in [2.24, 2.45) is 0 Å². The second kappa shape index (κ2) is 6.96. The average Bonchev–Trinajstić information content (AvgIpc) is 2.42. The van der Waals surface area contributed by atoms with Crippen LogP contribution < -0.4 is 5.32 Å². The number of likely N-dealkylation sites (tertiary alicyclic amines) is 1. The third kappa shape index (κ3) is 4.24. The van der Waals surface area contributed by atoms with Crippen molar-refractivity contribution in [2.75, 3.05) is 19.6 Å². The monoisotopic (exact) mass is 276 g/mol. The Balaban J connectivity index is 1.82. The summed E-state index contributed by atoms with van der Waals surface area (Å²) in [5, 5.41) is 4.49. The van der Waals surface area contributed by atoms with E-state index in [-0.39, 0.29) is 0 Å². The van der Waals surface area contributed by atoms with E-state index in [1.165, 1.54) is 18.4 Å². The van der Waals surface area contributed by atoms with E-state index in [0.717, 1.165) is 24.7 Å². The number of hydrogen-bond acceptors (Lipinski definition) is 2. The van der Waals surface area contributed by atoms with Crippen LogP contribution in [0.2, 0.25) is 5.02 Å². The molecule has 1 atom stereocenters. The molecule has 0 aromatic heterocycles. The van der Waals surface area contributed by atoms with Gasteiger partial charge in [-0.1, -0.05) is 29.7 Å². The lowest BCUT2D eigenvalue weighted by molar-refractivity contribution is 0.211. The van der Waals surface area contributed by atoms with Gasteiger partial charge in [0, 0.05) is 30.2 Å². The summed E-state index contributed by atoms with van der Waals surface area (Å²) in [6, 6.07) is 9.03. The van der Waals surface area contributed by atoms with Crippen LogP contribution in [0.25, 0.3) is 0 Å². The molecule has 1 aromatic rings. The van der Waals surface area contributed by atoms with E-state index < -0.39 is 0 Å². The van der Waals surface area contributed by atoms with Crippen molar-refractivity contribution in [3.8, 4) is 12.3 Å². The predicted octanol–water partition coefficient (Wildman–Crippen LogP) is 3.09. The zero-order valence-corrected chi connectivity index (χ0v) is 12.2. The van der Waals surface area contributed by atoms with Crippen LogP contribution in [0.5, 0.6) is 0 Å². The number of rotatable bonds is 4. The van der Waals surface area contributed by atoms with Crippen LogP contribution in [0.3, 0.4) is 0 Å². The molecule has 3 heteroatoms. The highest BCUT2D eigenvalue weighted by molar-refractivity contribution is 6.30. The Morgan fingerprint density at radius 2 is 2.00 bits per heavy atom. The number of nitrogens with one attached hydrogen (secondary N) is 1. The molecule has 1 N–H and O–H groups in total. The molecule has 1 unspecified atom stereocenters. The van der Waals surface area contributed by atoms with Gasteiger partial charge in [-0.2, -0.15) is 0 Å². The summed E-state index contributed by atoms with van der Waals surface area (Å²) in [6.45, 7) is 5.17. The number of halogens is 1. The summed E-state index contributed by atoms with van der Waals surface area (Å²) in [5.74, 6) is 2.72. The second-order valence-electron chi connectivity index (χ2n) is 5.19. The predicted molar refractivity (Wildman–Crippen MR) is 81.3 cm³/mol. The Bertz CT molecular complexity index is 427. The summed E-state index contributed by atoms with van der Waals surface area (Å²) in [5.41, 5.74) is 1.29. The Hall–Kier alpha value is -1.01. The quantitative estimate of drug-likeness (QED) is 0.850. The first-order valence-electron chi connectivity index (χ1n) is 6.86. The first-order valence-corrected chi connectivity index (χ1v) is 7.24. The molecule has 2 nitrogen and oxygen atoms in total. The van der Waals surface area contributed by atoms with Crippen molar-refractivity contribution in [1.82, 2.24) is 10.2 Å². The van der Waals surface area contributed by atoms with Crippen LogP contribution in [0.15, 0.2) is 24.3 Å². The number of nitrogens with zero attached hydrogens (tertiary/aromatic N) is 1. The fraction of sp³-hybridized carbons (Fsp3) is 0.500. The largest absolute Gasteiger partial charge is 0.307 e. The highest BCUT2D eigenvalue weighted by atomic mass is 35.5. The molecule has 1 aliphatic heterocycles. The maximum absolute atomic E-state index is 5.91. The molecule has 2 rings (SSSR count). The highest BCUT2D eigenvalue weighted by Crippen LogP contribution is 2.19. The highest BCUT2D eigenvalue weighted by Gasteiger charge is 2.20. The summed E-state index contributed by atoms with van der Waals surface area (Å²) in [4.78, 5) is 2.34. The molecule has 1 aromatic carbocycles. The van der Waals surface area contributed by atoms with Crippen molar-refractivity contribution in [3.63, 3.8) is 0 Å². The van der Waals surface area contributed by atoms with Crippen molar-refractivity contribution < 1.29 is 0 Å². The van der Waals surface area contributed by atoms with Gasteiger partial charge in [-0.05, 0) is 37.5 Å². The van der Waals surface area contributed by atoms with Gasteiger partial charge in [-0.25, -0.2) is 0 Å². The second-order valence-corrected chi connectivity index (χ2v) is 5.63. The Morgan fingerprint density at radius 1 is 1.37 bits per heavy atom. The minimum Gasteiger partial charge on any atom is -0.307 e. The lowest BCUT2D eigenvalue weighted by Gasteiger charge is -2.33. The molecule has 0 radical (unpaired) electrons. The lowest BCUT2D eigenvalue weighted by Crippen LogP contribution is -2.43. The van der Waals surface area contributed by atoms with Crippen molar-refractivity contribution in [2.45, 2.75) is 31.8 Å². The molecule has 0 spiro atoms. The van der Waals surface area contributed by atoms with Crippen molar-refractivity contribution in [3.05, 3.63) is 34.9 Å². The van der Waals surface area contributed by atoms with Crippen LogP contribution in [0, 0.1) is 12.3 Å².